The standard InChI is InChI=1S/C12H14BrNOS/c1-7-4-9(6-15-7)12(14-3)11-5-10(13)8(2)16-11/h4-6,12,14H,1-3H3. The van der Waals surface area contributed by atoms with Gasteiger partial charge in [-0.1, -0.05) is 0 Å². The van der Waals surface area contributed by atoms with E-state index in [-0.39, 0.29) is 6.04 Å². The summed E-state index contributed by atoms with van der Waals surface area (Å²) in [5.41, 5.74) is 1.17. The minimum absolute atomic E-state index is 0.215. The van der Waals surface area contributed by atoms with Crippen molar-refractivity contribution < 1.29 is 4.42 Å². The third-order valence-electron chi connectivity index (χ3n) is 2.53. The van der Waals surface area contributed by atoms with E-state index in [1.807, 2.05) is 20.2 Å². The van der Waals surface area contributed by atoms with Crippen molar-refractivity contribution in [3.8, 4) is 0 Å². The first-order valence-corrected chi connectivity index (χ1v) is 6.71. The summed E-state index contributed by atoms with van der Waals surface area (Å²) in [6.45, 7) is 4.08. The second-order valence-corrected chi connectivity index (χ2v) is 5.91. The lowest BCUT2D eigenvalue weighted by atomic mass is 10.1. The molecule has 16 heavy (non-hydrogen) atoms. The fourth-order valence-corrected chi connectivity index (χ4v) is 3.41. The van der Waals surface area contributed by atoms with Gasteiger partial charge < -0.3 is 9.73 Å². The van der Waals surface area contributed by atoms with Crippen molar-refractivity contribution in [3.63, 3.8) is 0 Å². The van der Waals surface area contributed by atoms with Crippen LogP contribution in [0.15, 0.2) is 27.3 Å². The number of hydrogen-bond donors (Lipinski definition) is 1. The molecule has 4 heteroatoms. The van der Waals surface area contributed by atoms with E-state index in [9.17, 15) is 0 Å². The first kappa shape index (κ1) is 11.9. The summed E-state index contributed by atoms with van der Waals surface area (Å²) in [5.74, 6) is 0.947. The molecule has 86 valence electrons. The summed E-state index contributed by atoms with van der Waals surface area (Å²) in [6, 6.07) is 4.46. The van der Waals surface area contributed by atoms with E-state index in [1.54, 1.807) is 11.3 Å². The number of thiophene rings is 1. The molecule has 1 unspecified atom stereocenters. The first-order valence-electron chi connectivity index (χ1n) is 5.10. The Morgan fingerprint density at radius 2 is 2.12 bits per heavy atom. The average molecular weight is 300 g/mol. The van der Waals surface area contributed by atoms with Gasteiger partial charge in [-0.2, -0.15) is 0 Å². The Kier molecular flexibility index (Phi) is 3.52. The second-order valence-electron chi connectivity index (χ2n) is 3.77. The zero-order chi connectivity index (χ0) is 11.7. The van der Waals surface area contributed by atoms with Gasteiger partial charge in [-0.3, -0.25) is 0 Å². The Morgan fingerprint density at radius 1 is 1.38 bits per heavy atom. The van der Waals surface area contributed by atoms with Crippen molar-refractivity contribution in [1.29, 1.82) is 0 Å². The number of furan rings is 1. The molecule has 0 saturated carbocycles. The number of aryl methyl sites for hydroxylation is 2. The van der Waals surface area contributed by atoms with E-state index in [4.69, 9.17) is 4.42 Å². The molecular weight excluding hydrogens is 286 g/mol. The first-order chi connectivity index (χ1) is 7.61. The molecule has 2 aromatic rings. The molecule has 0 spiro atoms. The molecule has 0 aliphatic carbocycles. The maximum atomic E-state index is 5.36. The molecule has 2 aromatic heterocycles. The highest BCUT2D eigenvalue weighted by atomic mass is 79.9. The van der Waals surface area contributed by atoms with Crippen LogP contribution in [-0.4, -0.2) is 7.05 Å². The minimum atomic E-state index is 0.215. The van der Waals surface area contributed by atoms with E-state index in [1.165, 1.54) is 19.8 Å². The van der Waals surface area contributed by atoms with Crippen LogP contribution in [0.4, 0.5) is 0 Å². The third-order valence-corrected chi connectivity index (χ3v) is 4.74. The molecule has 0 bridgehead atoms. The van der Waals surface area contributed by atoms with Gasteiger partial charge in [0.15, 0.2) is 0 Å². The SMILES string of the molecule is CNC(c1coc(C)c1)c1cc(Br)c(C)s1. The highest BCUT2D eigenvalue weighted by Crippen LogP contribution is 2.34. The summed E-state index contributed by atoms with van der Waals surface area (Å²) >= 11 is 5.35. The Labute approximate surface area is 108 Å². The van der Waals surface area contributed by atoms with Gasteiger partial charge in [0, 0.05) is 19.8 Å². The van der Waals surface area contributed by atoms with E-state index < -0.39 is 0 Å². The van der Waals surface area contributed by atoms with Crippen molar-refractivity contribution in [2.45, 2.75) is 19.9 Å². The lowest BCUT2D eigenvalue weighted by molar-refractivity contribution is 0.528. The van der Waals surface area contributed by atoms with Gasteiger partial charge in [0.2, 0.25) is 0 Å². The summed E-state index contributed by atoms with van der Waals surface area (Å²) in [7, 11) is 1.97. The van der Waals surface area contributed by atoms with Crippen LogP contribution in [0, 0.1) is 13.8 Å². The number of halogens is 1. The molecule has 0 fully saturated rings. The van der Waals surface area contributed by atoms with Gasteiger partial charge in [-0.25, -0.2) is 0 Å². The zero-order valence-corrected chi connectivity index (χ0v) is 11.9. The van der Waals surface area contributed by atoms with Crippen molar-refractivity contribution in [2.24, 2.45) is 0 Å². The van der Waals surface area contributed by atoms with E-state index in [0.717, 1.165) is 5.76 Å². The largest absolute Gasteiger partial charge is 0.469 e. The highest BCUT2D eigenvalue weighted by Gasteiger charge is 2.17. The lowest BCUT2D eigenvalue weighted by Crippen LogP contribution is -2.15. The lowest BCUT2D eigenvalue weighted by Gasteiger charge is -2.11. The summed E-state index contributed by atoms with van der Waals surface area (Å²) < 4.78 is 6.53. The van der Waals surface area contributed by atoms with Crippen LogP contribution < -0.4 is 5.32 Å². The summed E-state index contributed by atoms with van der Waals surface area (Å²) in [5, 5.41) is 3.32. The monoisotopic (exact) mass is 299 g/mol. The predicted molar refractivity (Wildman–Crippen MR) is 71.1 cm³/mol. The van der Waals surface area contributed by atoms with Gasteiger partial charge in [0.1, 0.15) is 5.76 Å². The predicted octanol–water partition coefficient (Wildman–Crippen LogP) is 4.03. The summed E-state index contributed by atoms with van der Waals surface area (Å²) in [4.78, 5) is 2.60. The third kappa shape index (κ3) is 2.24. The summed E-state index contributed by atoms with van der Waals surface area (Å²) in [6.07, 6.45) is 1.82. The van der Waals surface area contributed by atoms with Gasteiger partial charge in [-0.15, -0.1) is 11.3 Å². The van der Waals surface area contributed by atoms with Crippen molar-refractivity contribution in [3.05, 3.63) is 43.9 Å². The zero-order valence-electron chi connectivity index (χ0n) is 9.50. The van der Waals surface area contributed by atoms with Gasteiger partial charge in [0.25, 0.3) is 0 Å². The second kappa shape index (κ2) is 4.73. The molecule has 0 aromatic carbocycles. The maximum absolute atomic E-state index is 5.36. The Balaban J connectivity index is 2.36. The molecule has 2 heterocycles. The number of hydrogen-bond acceptors (Lipinski definition) is 3. The van der Waals surface area contributed by atoms with Crippen molar-refractivity contribution in [2.75, 3.05) is 7.05 Å². The normalized spacial score (nSPS) is 13.0. The van der Waals surface area contributed by atoms with E-state index in [2.05, 4.69) is 40.3 Å². The smallest absolute Gasteiger partial charge is 0.101 e. The van der Waals surface area contributed by atoms with E-state index >= 15 is 0 Å². The molecule has 1 atom stereocenters. The Bertz CT molecular complexity index is 469. The van der Waals surface area contributed by atoms with Crippen molar-refractivity contribution in [1.82, 2.24) is 5.32 Å². The number of rotatable bonds is 3. The Hall–Kier alpha value is -0.580. The van der Waals surface area contributed by atoms with Gasteiger partial charge in [-0.05, 0) is 49.0 Å². The molecular formula is C12H14BrNOS. The molecule has 2 rings (SSSR count). The molecule has 0 saturated heterocycles. The number of nitrogens with one attached hydrogen (secondary N) is 1. The average Bonchev–Trinajstić information content (AvgIpc) is 2.77. The highest BCUT2D eigenvalue weighted by molar-refractivity contribution is 9.10. The van der Waals surface area contributed by atoms with Crippen LogP contribution in [0.25, 0.3) is 0 Å². The molecule has 0 aliphatic rings. The fraction of sp³-hybridized carbons (Fsp3) is 0.333. The van der Waals surface area contributed by atoms with Crippen LogP contribution in [0.1, 0.15) is 27.1 Å². The van der Waals surface area contributed by atoms with Gasteiger partial charge >= 0.3 is 0 Å². The topological polar surface area (TPSA) is 25.2 Å². The van der Waals surface area contributed by atoms with Crippen LogP contribution in [-0.2, 0) is 0 Å². The van der Waals surface area contributed by atoms with Gasteiger partial charge in [0.05, 0.1) is 12.3 Å². The molecule has 1 N–H and O–H groups in total. The van der Waals surface area contributed by atoms with E-state index in [0.29, 0.717) is 0 Å². The Morgan fingerprint density at radius 3 is 2.56 bits per heavy atom. The maximum Gasteiger partial charge on any atom is 0.101 e. The van der Waals surface area contributed by atoms with Crippen LogP contribution in [0.2, 0.25) is 0 Å². The van der Waals surface area contributed by atoms with Crippen LogP contribution >= 0.6 is 27.3 Å². The fourth-order valence-electron chi connectivity index (χ4n) is 1.71. The molecule has 0 aliphatic heterocycles. The molecule has 0 radical (unpaired) electrons. The quantitative estimate of drug-likeness (QED) is 0.926. The van der Waals surface area contributed by atoms with Crippen LogP contribution in [0.5, 0.6) is 0 Å². The molecule has 0 amide bonds. The molecule has 2 nitrogen and oxygen atoms in total. The van der Waals surface area contributed by atoms with Crippen LogP contribution in [0.3, 0.4) is 0 Å². The van der Waals surface area contributed by atoms with Crippen molar-refractivity contribution >= 4 is 27.3 Å². The minimum Gasteiger partial charge on any atom is -0.469 e.